The minimum absolute atomic E-state index is 0. The van der Waals surface area contributed by atoms with Crippen LogP contribution in [0, 0.1) is 5.92 Å². The summed E-state index contributed by atoms with van der Waals surface area (Å²) in [6.07, 6.45) is 0. The van der Waals surface area contributed by atoms with E-state index in [1.165, 1.54) is 0 Å². The van der Waals surface area contributed by atoms with Crippen LogP contribution in [-0.4, -0.2) is 24.1 Å². The minimum Gasteiger partial charge on any atom is -0.465 e. The molecule has 0 saturated carbocycles. The maximum Gasteiger partial charge on any atom is 0.323 e. The van der Waals surface area contributed by atoms with Crippen LogP contribution in [0.15, 0.2) is 0 Å². The second kappa shape index (κ2) is 8.77. The van der Waals surface area contributed by atoms with E-state index in [9.17, 15) is 4.79 Å². The maximum absolute atomic E-state index is 10.8. The van der Waals surface area contributed by atoms with E-state index in [4.69, 9.17) is 10.5 Å². The Morgan fingerprint density at radius 3 is 2.17 bits per heavy atom. The van der Waals surface area contributed by atoms with E-state index < -0.39 is 6.04 Å². The summed E-state index contributed by atoms with van der Waals surface area (Å²) in [6, 6.07) is -0.472. The molecule has 0 radical (unpaired) electrons. The van der Waals surface area contributed by atoms with Crippen molar-refractivity contribution in [2.75, 3.05) is 6.61 Å². The van der Waals surface area contributed by atoms with Gasteiger partial charge < -0.3 is 15.9 Å². The Morgan fingerprint density at radius 2 is 1.92 bits per heavy atom. The van der Waals surface area contributed by atoms with Crippen molar-refractivity contribution >= 4 is 18.4 Å². The molecule has 0 fully saturated rings. The van der Waals surface area contributed by atoms with E-state index in [1.54, 1.807) is 6.92 Å². The molecule has 4 N–H and O–H groups in total. The zero-order valence-corrected chi connectivity index (χ0v) is 8.48. The first-order valence-corrected chi connectivity index (χ1v) is 3.51. The molecule has 0 rings (SSSR count). The maximum atomic E-state index is 10.8. The van der Waals surface area contributed by atoms with E-state index in [-0.39, 0.29) is 29.8 Å². The van der Waals surface area contributed by atoms with Gasteiger partial charge in [0.25, 0.3) is 0 Å². The number of rotatable bonds is 3. The fourth-order valence-corrected chi connectivity index (χ4v) is 0.511. The number of ether oxygens (including phenoxy) is 1. The summed E-state index contributed by atoms with van der Waals surface area (Å²) in [5.74, 6) is -0.156. The fraction of sp³-hybridized carbons (Fsp3) is 0.857. The van der Waals surface area contributed by atoms with Crippen LogP contribution < -0.4 is 5.73 Å². The normalized spacial score (nSPS) is 11.1. The Bertz CT molecular complexity index is 119. The van der Waals surface area contributed by atoms with Crippen LogP contribution in [-0.2, 0) is 9.53 Å². The summed E-state index contributed by atoms with van der Waals surface area (Å²) >= 11 is 0. The number of hydrogen-bond donors (Lipinski definition) is 1. The van der Waals surface area contributed by atoms with Gasteiger partial charge in [0.2, 0.25) is 0 Å². The van der Waals surface area contributed by atoms with Crippen LogP contribution in [0.5, 0.6) is 0 Å². The third-order valence-corrected chi connectivity index (χ3v) is 1.28. The molecule has 0 aromatic heterocycles. The Hall–Kier alpha value is -0.320. The van der Waals surface area contributed by atoms with E-state index in [1.807, 2.05) is 13.8 Å². The van der Waals surface area contributed by atoms with Gasteiger partial charge in [-0.15, -0.1) is 12.4 Å². The summed E-state index contributed by atoms with van der Waals surface area (Å²) < 4.78 is 4.70. The third-order valence-electron chi connectivity index (χ3n) is 1.28. The highest BCUT2D eigenvalue weighted by Gasteiger charge is 2.17. The highest BCUT2D eigenvalue weighted by atomic mass is 35.5. The third kappa shape index (κ3) is 6.39. The van der Waals surface area contributed by atoms with Crippen molar-refractivity contribution in [3.63, 3.8) is 0 Å². The monoisotopic (exact) mass is 199 g/mol. The van der Waals surface area contributed by atoms with Crippen LogP contribution >= 0.6 is 12.4 Å². The second-order valence-electron chi connectivity index (χ2n) is 2.52. The average molecular weight is 200 g/mol. The molecule has 4 nitrogen and oxygen atoms in total. The summed E-state index contributed by atoms with van der Waals surface area (Å²) in [6.45, 7) is 5.95. The summed E-state index contributed by atoms with van der Waals surface area (Å²) in [5.41, 5.74) is 5.47. The average Bonchev–Trinajstić information content (AvgIpc) is 1.87. The zero-order chi connectivity index (χ0) is 8.15. The standard InChI is InChI=1S/C7H15NO2.ClH.H2O/c1-4-10-7(9)6(8)5(2)3;;/h5-6H,4,8H2,1-3H3;1H;1H2/t6-;;/m0../s1. The summed E-state index contributed by atoms with van der Waals surface area (Å²) in [5, 5.41) is 0. The van der Waals surface area contributed by atoms with Gasteiger partial charge >= 0.3 is 5.97 Å². The van der Waals surface area contributed by atoms with Crippen molar-refractivity contribution in [3.05, 3.63) is 0 Å². The van der Waals surface area contributed by atoms with Crippen LogP contribution in [0.1, 0.15) is 20.8 Å². The highest BCUT2D eigenvalue weighted by molar-refractivity contribution is 5.85. The Labute approximate surface area is 79.2 Å². The Kier molecular flexibility index (Phi) is 12.9. The van der Waals surface area contributed by atoms with Crippen molar-refractivity contribution in [3.8, 4) is 0 Å². The van der Waals surface area contributed by atoms with Crippen LogP contribution in [0.2, 0.25) is 0 Å². The molecule has 0 aliphatic rings. The molecule has 76 valence electrons. The van der Waals surface area contributed by atoms with Gasteiger partial charge in [0.05, 0.1) is 6.61 Å². The topological polar surface area (TPSA) is 83.8 Å². The number of halogens is 1. The summed E-state index contributed by atoms with van der Waals surface area (Å²) in [7, 11) is 0. The zero-order valence-electron chi connectivity index (χ0n) is 7.66. The van der Waals surface area contributed by atoms with Crippen molar-refractivity contribution in [2.24, 2.45) is 11.7 Å². The van der Waals surface area contributed by atoms with Crippen molar-refractivity contribution in [1.82, 2.24) is 0 Å². The van der Waals surface area contributed by atoms with E-state index in [0.717, 1.165) is 0 Å². The molecule has 0 aromatic rings. The number of hydrogen-bond acceptors (Lipinski definition) is 3. The van der Waals surface area contributed by atoms with Gasteiger partial charge in [0, 0.05) is 0 Å². The molecule has 0 bridgehead atoms. The van der Waals surface area contributed by atoms with Gasteiger partial charge in [-0.25, -0.2) is 0 Å². The second-order valence-corrected chi connectivity index (χ2v) is 2.52. The Morgan fingerprint density at radius 1 is 1.50 bits per heavy atom. The number of nitrogens with two attached hydrogens (primary N) is 1. The van der Waals surface area contributed by atoms with Gasteiger partial charge in [0.15, 0.2) is 0 Å². The van der Waals surface area contributed by atoms with Crippen molar-refractivity contribution in [2.45, 2.75) is 26.8 Å². The summed E-state index contributed by atoms with van der Waals surface area (Å²) in [4.78, 5) is 10.8. The smallest absolute Gasteiger partial charge is 0.323 e. The SMILES string of the molecule is CCOC(=O)[C@@H](N)C(C)C.Cl.O. The van der Waals surface area contributed by atoms with E-state index in [0.29, 0.717) is 6.61 Å². The van der Waals surface area contributed by atoms with Crippen LogP contribution in [0.25, 0.3) is 0 Å². The first-order valence-electron chi connectivity index (χ1n) is 3.51. The molecule has 0 saturated heterocycles. The Balaban J connectivity index is -0.000000405. The van der Waals surface area contributed by atoms with Gasteiger partial charge in [-0.05, 0) is 12.8 Å². The first kappa shape index (κ1) is 17.7. The quantitative estimate of drug-likeness (QED) is 0.656. The molecule has 0 aliphatic carbocycles. The van der Waals surface area contributed by atoms with Gasteiger partial charge in [-0.1, -0.05) is 13.8 Å². The highest BCUT2D eigenvalue weighted by Crippen LogP contribution is 1.99. The molecule has 0 aromatic carbocycles. The molecule has 5 heteroatoms. The predicted octanol–water partition coefficient (Wildman–Crippen LogP) is 0.130. The predicted molar refractivity (Wildman–Crippen MR) is 50.3 cm³/mol. The largest absolute Gasteiger partial charge is 0.465 e. The molecule has 1 atom stereocenters. The molecule has 0 spiro atoms. The molecule has 0 amide bonds. The van der Waals surface area contributed by atoms with Gasteiger partial charge in [0.1, 0.15) is 6.04 Å². The number of carbonyl (C=O) groups is 1. The molecular formula is C7H18ClNO3. The van der Waals surface area contributed by atoms with Crippen molar-refractivity contribution < 1.29 is 15.0 Å². The fourth-order valence-electron chi connectivity index (χ4n) is 0.511. The lowest BCUT2D eigenvalue weighted by molar-refractivity contribution is -0.145. The lowest BCUT2D eigenvalue weighted by atomic mass is 10.1. The van der Waals surface area contributed by atoms with Gasteiger partial charge in [-0.3, -0.25) is 4.79 Å². The number of esters is 1. The molecule has 0 unspecified atom stereocenters. The van der Waals surface area contributed by atoms with Crippen LogP contribution in [0.4, 0.5) is 0 Å². The molecule has 0 heterocycles. The minimum atomic E-state index is -0.472. The van der Waals surface area contributed by atoms with Crippen molar-refractivity contribution in [1.29, 1.82) is 0 Å². The number of carbonyl (C=O) groups excluding carboxylic acids is 1. The van der Waals surface area contributed by atoms with E-state index >= 15 is 0 Å². The molecule has 0 aliphatic heterocycles. The van der Waals surface area contributed by atoms with Gasteiger partial charge in [-0.2, -0.15) is 0 Å². The lowest BCUT2D eigenvalue weighted by Gasteiger charge is -2.12. The lowest BCUT2D eigenvalue weighted by Crippen LogP contribution is -2.36. The van der Waals surface area contributed by atoms with E-state index in [2.05, 4.69) is 0 Å². The van der Waals surface area contributed by atoms with Crippen LogP contribution in [0.3, 0.4) is 0 Å². The first-order chi connectivity index (χ1) is 4.59. The molecule has 12 heavy (non-hydrogen) atoms. The molecular weight excluding hydrogens is 182 g/mol.